The molecule has 0 unspecified atom stereocenters. The molecule has 0 heterocycles. The van der Waals surface area contributed by atoms with Gasteiger partial charge in [-0.2, -0.15) is 0 Å². The van der Waals surface area contributed by atoms with E-state index in [1.165, 1.54) is 0 Å². The van der Waals surface area contributed by atoms with Crippen molar-refractivity contribution in [2.24, 2.45) is 0 Å². The first-order valence-corrected chi connectivity index (χ1v) is 5.88. The van der Waals surface area contributed by atoms with Crippen LogP contribution in [-0.2, 0) is 11.2 Å². The third kappa shape index (κ3) is 4.10. The van der Waals surface area contributed by atoms with Gasteiger partial charge in [0.15, 0.2) is 0 Å². The van der Waals surface area contributed by atoms with E-state index in [1.54, 1.807) is 0 Å². The maximum absolute atomic E-state index is 10.6. The molecule has 0 aromatic heterocycles. The van der Waals surface area contributed by atoms with Crippen LogP contribution in [0.4, 0.5) is 0 Å². The number of carboxylic acid groups (broad SMARTS) is 1. The van der Waals surface area contributed by atoms with E-state index in [0.29, 0.717) is 6.42 Å². The highest BCUT2D eigenvalue weighted by molar-refractivity contribution is 5.67. The molecule has 0 atom stereocenters. The quantitative estimate of drug-likeness (QED) is 0.854. The van der Waals surface area contributed by atoms with Gasteiger partial charge >= 0.3 is 5.97 Å². The van der Waals surface area contributed by atoms with Crippen LogP contribution in [0.15, 0.2) is 12.1 Å². The summed E-state index contributed by atoms with van der Waals surface area (Å²) in [4.78, 5) is 10.6. The Morgan fingerprint density at radius 2 is 2.00 bits per heavy atom. The highest BCUT2D eigenvalue weighted by Crippen LogP contribution is 2.27. The fraction of sp³-hybridized carbons (Fsp3) is 0.500. The van der Waals surface area contributed by atoms with Crippen molar-refractivity contribution in [1.82, 2.24) is 0 Å². The minimum atomic E-state index is -0.778. The van der Waals surface area contributed by atoms with E-state index in [9.17, 15) is 4.79 Å². The Hall–Kier alpha value is -1.51. The van der Waals surface area contributed by atoms with Gasteiger partial charge < -0.3 is 9.84 Å². The van der Waals surface area contributed by atoms with Crippen molar-refractivity contribution in [3.05, 3.63) is 28.8 Å². The minimum absolute atomic E-state index is 0.0972. The average molecular weight is 236 g/mol. The molecule has 17 heavy (non-hydrogen) atoms. The van der Waals surface area contributed by atoms with Gasteiger partial charge in [0.05, 0.1) is 6.10 Å². The van der Waals surface area contributed by atoms with Gasteiger partial charge in [0.25, 0.3) is 0 Å². The second-order valence-electron chi connectivity index (χ2n) is 4.63. The van der Waals surface area contributed by atoms with Crippen LogP contribution in [0.25, 0.3) is 0 Å². The maximum Gasteiger partial charge on any atom is 0.303 e. The molecule has 0 saturated heterocycles. The summed E-state index contributed by atoms with van der Waals surface area (Å²) in [7, 11) is 0. The fourth-order valence-corrected chi connectivity index (χ4v) is 1.87. The third-order valence-corrected chi connectivity index (χ3v) is 2.46. The Labute approximate surface area is 102 Å². The molecule has 0 radical (unpaired) electrons. The van der Waals surface area contributed by atoms with Gasteiger partial charge in [-0.25, -0.2) is 0 Å². The molecule has 1 aromatic carbocycles. The summed E-state index contributed by atoms with van der Waals surface area (Å²) in [5.74, 6) is 0.0616. The van der Waals surface area contributed by atoms with Crippen molar-refractivity contribution < 1.29 is 14.6 Å². The zero-order chi connectivity index (χ0) is 13.0. The second-order valence-corrected chi connectivity index (χ2v) is 4.63. The summed E-state index contributed by atoms with van der Waals surface area (Å²) in [5.41, 5.74) is 3.19. The van der Waals surface area contributed by atoms with Gasteiger partial charge in [-0.1, -0.05) is 17.7 Å². The molecule has 1 N–H and O–H groups in total. The lowest BCUT2D eigenvalue weighted by Gasteiger charge is -2.17. The standard InChI is InChI=1S/C14H20O3/c1-9(2)17-14-11(4)7-10(3)8-12(14)5-6-13(15)16/h7-9H,5-6H2,1-4H3,(H,15,16). The van der Waals surface area contributed by atoms with Gasteiger partial charge in [-0.3, -0.25) is 4.79 Å². The summed E-state index contributed by atoms with van der Waals surface area (Å²) in [6, 6.07) is 4.07. The third-order valence-electron chi connectivity index (χ3n) is 2.46. The zero-order valence-corrected chi connectivity index (χ0v) is 10.9. The first-order chi connectivity index (χ1) is 7.90. The maximum atomic E-state index is 10.6. The average Bonchev–Trinajstić information content (AvgIpc) is 2.18. The van der Waals surface area contributed by atoms with Gasteiger partial charge in [-0.05, 0) is 45.2 Å². The summed E-state index contributed by atoms with van der Waals surface area (Å²) in [5, 5.41) is 8.75. The smallest absolute Gasteiger partial charge is 0.303 e. The number of hydrogen-bond donors (Lipinski definition) is 1. The van der Waals surface area contributed by atoms with E-state index in [2.05, 4.69) is 6.07 Å². The first-order valence-electron chi connectivity index (χ1n) is 5.88. The Morgan fingerprint density at radius 3 is 2.53 bits per heavy atom. The zero-order valence-electron chi connectivity index (χ0n) is 10.9. The molecule has 0 bridgehead atoms. The molecule has 1 aromatic rings. The summed E-state index contributed by atoms with van der Waals surface area (Å²) in [6.45, 7) is 7.95. The number of hydrogen-bond acceptors (Lipinski definition) is 2. The molecule has 3 nitrogen and oxygen atoms in total. The van der Waals surface area contributed by atoms with Crippen LogP contribution in [0, 0.1) is 13.8 Å². The van der Waals surface area contributed by atoms with Crippen molar-refractivity contribution >= 4 is 5.97 Å². The number of aryl methyl sites for hydroxylation is 3. The minimum Gasteiger partial charge on any atom is -0.490 e. The monoisotopic (exact) mass is 236 g/mol. The molecule has 94 valence electrons. The Bertz CT molecular complexity index is 408. The van der Waals surface area contributed by atoms with Gasteiger partial charge in [0, 0.05) is 6.42 Å². The summed E-state index contributed by atoms with van der Waals surface area (Å²) < 4.78 is 5.77. The molecule has 0 spiro atoms. The van der Waals surface area contributed by atoms with Crippen LogP contribution in [0.3, 0.4) is 0 Å². The van der Waals surface area contributed by atoms with Crippen molar-refractivity contribution in [3.8, 4) is 5.75 Å². The molecule has 0 amide bonds. The van der Waals surface area contributed by atoms with Crippen molar-refractivity contribution in [2.75, 3.05) is 0 Å². The topological polar surface area (TPSA) is 46.5 Å². The van der Waals surface area contributed by atoms with Crippen LogP contribution >= 0.6 is 0 Å². The SMILES string of the molecule is Cc1cc(C)c(OC(C)C)c(CCC(=O)O)c1. The first kappa shape index (κ1) is 13.6. The normalized spacial score (nSPS) is 10.6. The lowest BCUT2D eigenvalue weighted by Crippen LogP contribution is -2.10. The predicted octanol–water partition coefficient (Wildman–Crippen LogP) is 3.11. The number of ether oxygens (including phenoxy) is 1. The Balaban J connectivity index is 3.02. The molecule has 3 heteroatoms. The Kier molecular flexibility index (Phi) is 4.55. The van der Waals surface area contributed by atoms with Crippen LogP contribution in [0.1, 0.15) is 37.0 Å². The number of rotatable bonds is 5. The molecule has 0 fully saturated rings. The van der Waals surface area contributed by atoms with Crippen LogP contribution in [0.2, 0.25) is 0 Å². The predicted molar refractivity (Wildman–Crippen MR) is 67.6 cm³/mol. The molecule has 0 saturated carbocycles. The van der Waals surface area contributed by atoms with Crippen LogP contribution in [-0.4, -0.2) is 17.2 Å². The van der Waals surface area contributed by atoms with Crippen LogP contribution < -0.4 is 4.74 Å². The summed E-state index contributed by atoms with van der Waals surface area (Å²) in [6.07, 6.45) is 0.747. The van der Waals surface area contributed by atoms with Crippen molar-refractivity contribution in [1.29, 1.82) is 0 Å². The van der Waals surface area contributed by atoms with E-state index >= 15 is 0 Å². The fourth-order valence-electron chi connectivity index (χ4n) is 1.87. The molecule has 1 rings (SSSR count). The Morgan fingerprint density at radius 1 is 1.35 bits per heavy atom. The lowest BCUT2D eigenvalue weighted by molar-refractivity contribution is -0.136. The van der Waals surface area contributed by atoms with E-state index in [1.807, 2.05) is 33.8 Å². The molecule has 0 aliphatic rings. The van der Waals surface area contributed by atoms with E-state index < -0.39 is 5.97 Å². The van der Waals surface area contributed by atoms with Gasteiger partial charge in [0.1, 0.15) is 5.75 Å². The molecular weight excluding hydrogens is 216 g/mol. The largest absolute Gasteiger partial charge is 0.490 e. The molecular formula is C14H20O3. The van der Waals surface area contributed by atoms with Crippen molar-refractivity contribution in [3.63, 3.8) is 0 Å². The van der Waals surface area contributed by atoms with Crippen molar-refractivity contribution in [2.45, 2.75) is 46.6 Å². The summed E-state index contributed by atoms with van der Waals surface area (Å²) >= 11 is 0. The van der Waals surface area contributed by atoms with Gasteiger partial charge in [0.2, 0.25) is 0 Å². The highest BCUT2D eigenvalue weighted by Gasteiger charge is 2.11. The highest BCUT2D eigenvalue weighted by atomic mass is 16.5. The second kappa shape index (κ2) is 5.71. The van der Waals surface area contributed by atoms with E-state index in [0.717, 1.165) is 22.4 Å². The molecule has 0 aliphatic carbocycles. The van der Waals surface area contributed by atoms with E-state index in [4.69, 9.17) is 9.84 Å². The number of carboxylic acids is 1. The van der Waals surface area contributed by atoms with E-state index in [-0.39, 0.29) is 12.5 Å². The number of benzene rings is 1. The van der Waals surface area contributed by atoms with Gasteiger partial charge in [-0.15, -0.1) is 0 Å². The van der Waals surface area contributed by atoms with Crippen LogP contribution in [0.5, 0.6) is 5.75 Å². The number of aliphatic carboxylic acids is 1. The number of carbonyl (C=O) groups is 1. The lowest BCUT2D eigenvalue weighted by atomic mass is 10.0. The molecule has 0 aliphatic heterocycles.